The minimum absolute atomic E-state index is 0.222. The Morgan fingerprint density at radius 2 is 1.85 bits per heavy atom. The van der Waals surface area contributed by atoms with E-state index in [2.05, 4.69) is 43.0 Å². The van der Waals surface area contributed by atoms with Crippen LogP contribution in [0.1, 0.15) is 36.8 Å². The molecule has 1 heterocycles. The second-order valence-electron chi connectivity index (χ2n) is 5.64. The van der Waals surface area contributed by atoms with E-state index in [-0.39, 0.29) is 6.04 Å². The van der Waals surface area contributed by atoms with Gasteiger partial charge in [0.05, 0.1) is 18.5 Å². The zero-order valence-corrected chi connectivity index (χ0v) is 12.6. The van der Waals surface area contributed by atoms with Crippen molar-refractivity contribution in [2.45, 2.75) is 45.6 Å². The van der Waals surface area contributed by atoms with Crippen LogP contribution in [0.2, 0.25) is 0 Å². The summed E-state index contributed by atoms with van der Waals surface area (Å²) in [5.74, 6) is 0.979. The Bertz CT molecular complexity index is 452. The number of nitrogens with zero attached hydrogens (tertiary/aromatic N) is 2. The first kappa shape index (κ1) is 14.9. The van der Waals surface area contributed by atoms with Crippen LogP contribution in [0.3, 0.4) is 0 Å². The van der Waals surface area contributed by atoms with E-state index in [1.807, 2.05) is 0 Å². The summed E-state index contributed by atoms with van der Waals surface area (Å²) >= 11 is 0. The average Bonchev–Trinajstić information content (AvgIpc) is 2.46. The lowest BCUT2D eigenvalue weighted by Crippen LogP contribution is -2.42. The Morgan fingerprint density at radius 1 is 1.20 bits per heavy atom. The molecule has 1 aromatic rings. The standard InChI is InChI=1S/C17H24N2O/c1-14-7-6-8-15(2)17(14)20-13-16(9-10-18)19-11-4-3-5-12-19/h6-8,16H,3-5,9,11-13H2,1-2H3. The maximum absolute atomic E-state index is 9.04. The molecule has 0 N–H and O–H groups in total. The molecule has 1 aliphatic heterocycles. The van der Waals surface area contributed by atoms with E-state index in [1.165, 1.54) is 30.4 Å². The molecule has 1 aromatic carbocycles. The van der Waals surface area contributed by atoms with Crippen LogP contribution in [0.5, 0.6) is 5.75 Å². The van der Waals surface area contributed by atoms with Gasteiger partial charge in [-0.25, -0.2) is 0 Å². The summed E-state index contributed by atoms with van der Waals surface area (Å²) in [6.45, 7) is 6.95. The lowest BCUT2D eigenvalue weighted by molar-refractivity contribution is 0.116. The average molecular weight is 272 g/mol. The van der Waals surface area contributed by atoms with Gasteiger partial charge in [0, 0.05) is 0 Å². The third kappa shape index (κ3) is 3.74. The summed E-state index contributed by atoms with van der Waals surface area (Å²) in [7, 11) is 0. The lowest BCUT2D eigenvalue weighted by Gasteiger charge is -2.33. The summed E-state index contributed by atoms with van der Waals surface area (Å²) in [6, 6.07) is 8.72. The molecule has 0 amide bonds. The zero-order chi connectivity index (χ0) is 14.4. The van der Waals surface area contributed by atoms with E-state index < -0.39 is 0 Å². The second kappa shape index (κ2) is 7.31. The first-order chi connectivity index (χ1) is 9.72. The molecule has 1 fully saturated rings. The molecular formula is C17H24N2O. The van der Waals surface area contributed by atoms with Gasteiger partial charge in [-0.05, 0) is 50.9 Å². The van der Waals surface area contributed by atoms with E-state index in [0.29, 0.717) is 13.0 Å². The molecule has 3 nitrogen and oxygen atoms in total. The summed E-state index contributed by atoms with van der Waals surface area (Å²) in [4.78, 5) is 2.42. The monoisotopic (exact) mass is 272 g/mol. The highest BCUT2D eigenvalue weighted by atomic mass is 16.5. The number of para-hydroxylation sites is 1. The van der Waals surface area contributed by atoms with Crippen LogP contribution in [-0.4, -0.2) is 30.6 Å². The van der Waals surface area contributed by atoms with Crippen LogP contribution in [-0.2, 0) is 0 Å². The topological polar surface area (TPSA) is 36.3 Å². The fourth-order valence-corrected chi connectivity index (χ4v) is 2.89. The molecule has 0 aliphatic carbocycles. The van der Waals surface area contributed by atoms with Crippen molar-refractivity contribution in [2.75, 3.05) is 19.7 Å². The molecule has 0 radical (unpaired) electrons. The lowest BCUT2D eigenvalue weighted by atomic mass is 10.1. The smallest absolute Gasteiger partial charge is 0.125 e. The molecule has 1 saturated heterocycles. The Hall–Kier alpha value is -1.53. The molecular weight excluding hydrogens is 248 g/mol. The van der Waals surface area contributed by atoms with Gasteiger partial charge in [0.25, 0.3) is 0 Å². The highest BCUT2D eigenvalue weighted by molar-refractivity contribution is 5.39. The van der Waals surface area contributed by atoms with Gasteiger partial charge in [-0.2, -0.15) is 5.26 Å². The normalized spacial score (nSPS) is 17.4. The Balaban J connectivity index is 2.00. The summed E-state index contributed by atoms with van der Waals surface area (Å²) in [5.41, 5.74) is 2.33. The van der Waals surface area contributed by atoms with Crippen LogP contribution in [0, 0.1) is 25.2 Å². The van der Waals surface area contributed by atoms with Crippen molar-refractivity contribution in [1.82, 2.24) is 4.90 Å². The first-order valence-electron chi connectivity index (χ1n) is 7.52. The van der Waals surface area contributed by atoms with E-state index in [4.69, 9.17) is 10.00 Å². The highest BCUT2D eigenvalue weighted by Gasteiger charge is 2.21. The van der Waals surface area contributed by atoms with Gasteiger partial charge < -0.3 is 4.74 Å². The minimum Gasteiger partial charge on any atom is -0.491 e. The van der Waals surface area contributed by atoms with Crippen molar-refractivity contribution in [3.63, 3.8) is 0 Å². The number of rotatable bonds is 5. The number of benzene rings is 1. The summed E-state index contributed by atoms with van der Waals surface area (Å²) in [5, 5.41) is 9.04. The number of hydrogen-bond donors (Lipinski definition) is 0. The van der Waals surface area contributed by atoms with E-state index in [9.17, 15) is 0 Å². The van der Waals surface area contributed by atoms with Crippen LogP contribution >= 0.6 is 0 Å². The molecule has 20 heavy (non-hydrogen) atoms. The number of hydrogen-bond acceptors (Lipinski definition) is 3. The number of ether oxygens (including phenoxy) is 1. The predicted molar refractivity (Wildman–Crippen MR) is 80.9 cm³/mol. The van der Waals surface area contributed by atoms with Gasteiger partial charge in [0.1, 0.15) is 12.4 Å². The SMILES string of the molecule is Cc1cccc(C)c1OCC(CC#N)N1CCCCC1. The molecule has 0 saturated carbocycles. The van der Waals surface area contributed by atoms with Gasteiger partial charge in [0.15, 0.2) is 0 Å². The Kier molecular flexibility index (Phi) is 5.43. The molecule has 1 aliphatic rings. The third-order valence-electron chi connectivity index (χ3n) is 4.06. The van der Waals surface area contributed by atoms with Crippen molar-refractivity contribution in [3.05, 3.63) is 29.3 Å². The minimum atomic E-state index is 0.222. The molecule has 1 unspecified atom stereocenters. The molecule has 108 valence electrons. The van der Waals surface area contributed by atoms with Crippen LogP contribution in [0.4, 0.5) is 0 Å². The van der Waals surface area contributed by atoms with Gasteiger partial charge in [-0.1, -0.05) is 24.6 Å². The van der Waals surface area contributed by atoms with Crippen molar-refractivity contribution < 1.29 is 4.74 Å². The molecule has 2 rings (SSSR count). The van der Waals surface area contributed by atoms with Gasteiger partial charge in [-0.3, -0.25) is 4.90 Å². The van der Waals surface area contributed by atoms with Crippen LogP contribution in [0.25, 0.3) is 0 Å². The molecule has 1 atom stereocenters. The zero-order valence-electron chi connectivity index (χ0n) is 12.6. The largest absolute Gasteiger partial charge is 0.491 e. The maximum atomic E-state index is 9.04. The van der Waals surface area contributed by atoms with Crippen molar-refractivity contribution >= 4 is 0 Å². The van der Waals surface area contributed by atoms with Crippen molar-refractivity contribution in [3.8, 4) is 11.8 Å². The maximum Gasteiger partial charge on any atom is 0.125 e. The Labute approximate surface area is 122 Å². The van der Waals surface area contributed by atoms with Crippen LogP contribution < -0.4 is 4.74 Å². The fourth-order valence-electron chi connectivity index (χ4n) is 2.89. The molecule has 0 spiro atoms. The van der Waals surface area contributed by atoms with Crippen LogP contribution in [0.15, 0.2) is 18.2 Å². The van der Waals surface area contributed by atoms with E-state index in [0.717, 1.165) is 18.8 Å². The summed E-state index contributed by atoms with van der Waals surface area (Å²) < 4.78 is 6.04. The van der Waals surface area contributed by atoms with E-state index in [1.54, 1.807) is 0 Å². The van der Waals surface area contributed by atoms with Gasteiger partial charge >= 0.3 is 0 Å². The highest BCUT2D eigenvalue weighted by Crippen LogP contribution is 2.23. The van der Waals surface area contributed by atoms with Crippen molar-refractivity contribution in [2.24, 2.45) is 0 Å². The number of nitriles is 1. The summed E-state index contributed by atoms with van der Waals surface area (Å²) in [6.07, 6.45) is 4.34. The van der Waals surface area contributed by atoms with Crippen molar-refractivity contribution in [1.29, 1.82) is 5.26 Å². The second-order valence-corrected chi connectivity index (χ2v) is 5.64. The quantitative estimate of drug-likeness (QED) is 0.823. The predicted octanol–water partition coefficient (Wildman–Crippen LogP) is 3.45. The van der Waals surface area contributed by atoms with E-state index >= 15 is 0 Å². The van der Waals surface area contributed by atoms with Gasteiger partial charge in [-0.15, -0.1) is 0 Å². The number of likely N-dealkylation sites (tertiary alicyclic amines) is 1. The third-order valence-corrected chi connectivity index (χ3v) is 4.06. The fraction of sp³-hybridized carbons (Fsp3) is 0.588. The molecule has 0 aromatic heterocycles. The Morgan fingerprint density at radius 3 is 2.45 bits per heavy atom. The number of aryl methyl sites for hydroxylation is 2. The molecule has 0 bridgehead atoms. The molecule has 3 heteroatoms. The first-order valence-corrected chi connectivity index (χ1v) is 7.52. The number of piperidine rings is 1. The van der Waals surface area contributed by atoms with Gasteiger partial charge in [0.2, 0.25) is 0 Å².